The van der Waals surface area contributed by atoms with E-state index in [1.54, 1.807) is 26.0 Å². The van der Waals surface area contributed by atoms with Crippen LogP contribution in [0.1, 0.15) is 25.5 Å². The van der Waals surface area contributed by atoms with Crippen molar-refractivity contribution in [3.63, 3.8) is 0 Å². The number of carbonyl (C=O) groups excluding carboxylic acids is 2. The molecule has 4 rings (SSSR count). The van der Waals surface area contributed by atoms with Crippen LogP contribution in [0.3, 0.4) is 0 Å². The van der Waals surface area contributed by atoms with Crippen molar-refractivity contribution < 1.29 is 33.3 Å². The number of imidazole rings is 1. The molecule has 3 aromatic rings. The molecule has 3 heterocycles. The Bertz CT molecular complexity index is 1350. The van der Waals surface area contributed by atoms with Crippen molar-refractivity contribution in [3.05, 3.63) is 51.9 Å². The molecule has 0 unspecified atom stereocenters. The second-order valence-electron chi connectivity index (χ2n) is 7.93. The highest BCUT2D eigenvalue weighted by atomic mass is 32.1. The minimum atomic E-state index is -0.829. The van der Waals surface area contributed by atoms with Crippen molar-refractivity contribution in [1.29, 1.82) is 0 Å². The fourth-order valence-corrected chi connectivity index (χ4v) is 5.26. The van der Waals surface area contributed by atoms with Crippen LogP contribution >= 0.6 is 11.3 Å². The van der Waals surface area contributed by atoms with Crippen molar-refractivity contribution in [2.24, 2.45) is 0 Å². The highest BCUT2D eigenvalue weighted by molar-refractivity contribution is 7.15. The maximum absolute atomic E-state index is 13.1. The Morgan fingerprint density at radius 1 is 0.917 bits per heavy atom. The van der Waals surface area contributed by atoms with Crippen LogP contribution in [0.4, 0.5) is 0 Å². The highest BCUT2D eigenvalue weighted by Crippen LogP contribution is 2.47. The number of nitrogens with one attached hydrogen (secondary N) is 1. The topological polar surface area (TPSA) is 110 Å². The molecule has 2 aromatic heterocycles. The molecule has 0 saturated heterocycles. The summed E-state index contributed by atoms with van der Waals surface area (Å²) in [5.74, 6) is -0.645. The van der Waals surface area contributed by atoms with E-state index in [0.29, 0.717) is 50.6 Å². The Morgan fingerprint density at radius 2 is 1.47 bits per heavy atom. The smallest absolute Gasteiger partial charge is 0.336 e. The number of rotatable bonds is 7. The van der Waals surface area contributed by atoms with Gasteiger partial charge in [-0.25, -0.2) is 14.6 Å². The van der Waals surface area contributed by atoms with Crippen LogP contribution in [0.25, 0.3) is 16.2 Å². The van der Waals surface area contributed by atoms with Gasteiger partial charge in [-0.05, 0) is 26.0 Å². The van der Waals surface area contributed by atoms with Gasteiger partial charge in [0, 0.05) is 28.5 Å². The van der Waals surface area contributed by atoms with E-state index >= 15 is 0 Å². The van der Waals surface area contributed by atoms with Crippen molar-refractivity contribution in [1.82, 2.24) is 14.7 Å². The molecule has 0 amide bonds. The van der Waals surface area contributed by atoms with Crippen molar-refractivity contribution in [2.45, 2.75) is 19.8 Å². The largest absolute Gasteiger partial charge is 0.493 e. The Balaban J connectivity index is 2.09. The van der Waals surface area contributed by atoms with E-state index in [4.69, 9.17) is 28.7 Å². The summed E-state index contributed by atoms with van der Waals surface area (Å²) in [6.07, 6.45) is 1.85. The number of hydrogen-bond donors (Lipinski definition) is 1. The van der Waals surface area contributed by atoms with E-state index in [0.717, 1.165) is 0 Å². The van der Waals surface area contributed by atoms with E-state index in [9.17, 15) is 9.59 Å². The number of ether oxygens (including phenoxy) is 5. The summed E-state index contributed by atoms with van der Waals surface area (Å²) in [6, 6.07) is 3.56. The summed E-state index contributed by atoms with van der Waals surface area (Å²) in [4.78, 5) is 31.7. The van der Waals surface area contributed by atoms with Gasteiger partial charge in [0.05, 0.1) is 64.0 Å². The molecule has 0 atom stereocenters. The first-order valence-corrected chi connectivity index (χ1v) is 11.8. The molecule has 36 heavy (non-hydrogen) atoms. The molecular formula is C25H27N3O7S. The van der Waals surface area contributed by atoms with Crippen LogP contribution in [-0.2, 0) is 19.1 Å². The highest BCUT2D eigenvalue weighted by Gasteiger charge is 2.41. The van der Waals surface area contributed by atoms with Crippen LogP contribution in [0, 0.1) is 0 Å². The first-order chi connectivity index (χ1) is 17.3. The number of hydrogen-bond acceptors (Lipinski definition) is 10. The molecule has 1 N–H and O–H groups in total. The Labute approximate surface area is 212 Å². The van der Waals surface area contributed by atoms with Gasteiger partial charge in [0.15, 0.2) is 16.5 Å². The zero-order valence-corrected chi connectivity index (χ0v) is 21.9. The molecule has 1 aliphatic heterocycles. The molecule has 0 saturated carbocycles. The van der Waals surface area contributed by atoms with Crippen molar-refractivity contribution in [3.8, 4) is 28.5 Å². The van der Waals surface area contributed by atoms with Crippen LogP contribution < -0.4 is 19.5 Å². The lowest BCUT2D eigenvalue weighted by Crippen LogP contribution is -2.32. The fraction of sp³-hybridized carbons (Fsp3) is 0.320. The van der Waals surface area contributed by atoms with Crippen LogP contribution in [-0.4, -0.2) is 56.9 Å². The molecule has 0 spiro atoms. The van der Waals surface area contributed by atoms with Gasteiger partial charge >= 0.3 is 11.9 Å². The molecule has 11 heteroatoms. The van der Waals surface area contributed by atoms with E-state index < -0.39 is 17.9 Å². The molecule has 0 aliphatic carbocycles. The zero-order chi connectivity index (χ0) is 26.1. The Kier molecular flexibility index (Phi) is 6.93. The number of dihydropyridines is 1. The second kappa shape index (κ2) is 9.94. The van der Waals surface area contributed by atoms with Crippen LogP contribution in [0.2, 0.25) is 0 Å². The maximum Gasteiger partial charge on any atom is 0.336 e. The normalized spacial score (nSPS) is 14.1. The Morgan fingerprint density at radius 3 is 1.94 bits per heavy atom. The number of thiazole rings is 1. The Hall–Kier alpha value is -3.99. The summed E-state index contributed by atoms with van der Waals surface area (Å²) >= 11 is 1.43. The van der Waals surface area contributed by atoms with Crippen molar-refractivity contribution >= 4 is 28.2 Å². The van der Waals surface area contributed by atoms with Gasteiger partial charge in [-0.3, -0.25) is 4.40 Å². The maximum atomic E-state index is 13.1. The number of nitrogens with zero attached hydrogens (tertiary/aromatic N) is 2. The third-order valence-corrected chi connectivity index (χ3v) is 6.84. The van der Waals surface area contributed by atoms with Gasteiger partial charge in [0.1, 0.15) is 0 Å². The number of methoxy groups -OCH3 is 5. The monoisotopic (exact) mass is 513 g/mol. The molecule has 0 bridgehead atoms. The third-order valence-electron chi connectivity index (χ3n) is 6.08. The lowest BCUT2D eigenvalue weighted by Gasteiger charge is -2.30. The molecule has 1 aromatic carbocycles. The van der Waals surface area contributed by atoms with E-state index in [2.05, 4.69) is 5.32 Å². The average molecular weight is 514 g/mol. The van der Waals surface area contributed by atoms with Crippen LogP contribution in [0.15, 0.2) is 46.2 Å². The number of aromatic nitrogens is 2. The third kappa shape index (κ3) is 3.95. The zero-order valence-electron chi connectivity index (χ0n) is 21.0. The number of allylic oxidation sites excluding steroid dienone is 2. The standard InChI is InChI=1S/C25H27N3O7S/c1-12-17(23(29)34-6)19(18(13(2)26-12)24(30)35-7)21-20(27-25-28(21)8-9-36-25)14-10-15(31-3)22(33-5)16(11-14)32-4/h8-11,19,26H,1-7H3. The molecule has 190 valence electrons. The number of fused-ring (bicyclic) bond motifs is 1. The molecule has 0 fully saturated rings. The predicted molar refractivity (Wildman–Crippen MR) is 133 cm³/mol. The average Bonchev–Trinajstić information content (AvgIpc) is 3.48. The molecule has 10 nitrogen and oxygen atoms in total. The summed E-state index contributed by atoms with van der Waals surface area (Å²) in [5.41, 5.74) is 3.49. The minimum Gasteiger partial charge on any atom is -0.493 e. The second-order valence-corrected chi connectivity index (χ2v) is 8.81. The first kappa shape index (κ1) is 25.1. The summed E-state index contributed by atoms with van der Waals surface area (Å²) in [7, 11) is 7.20. The molecule has 1 aliphatic rings. The van der Waals surface area contributed by atoms with Gasteiger partial charge in [0.2, 0.25) is 5.75 Å². The van der Waals surface area contributed by atoms with E-state index in [-0.39, 0.29) is 11.1 Å². The van der Waals surface area contributed by atoms with Gasteiger partial charge in [-0.1, -0.05) is 0 Å². The quantitative estimate of drug-likeness (QED) is 0.473. The lowest BCUT2D eigenvalue weighted by atomic mass is 9.81. The summed E-state index contributed by atoms with van der Waals surface area (Å²) < 4.78 is 28.7. The number of carbonyl (C=O) groups is 2. The van der Waals surface area contributed by atoms with Gasteiger partial charge < -0.3 is 29.0 Å². The summed E-state index contributed by atoms with van der Waals surface area (Å²) in [6.45, 7) is 3.53. The first-order valence-electron chi connectivity index (χ1n) is 10.9. The van der Waals surface area contributed by atoms with E-state index in [1.165, 1.54) is 46.9 Å². The summed E-state index contributed by atoms with van der Waals surface area (Å²) in [5, 5.41) is 5.01. The molecular weight excluding hydrogens is 486 g/mol. The lowest BCUT2D eigenvalue weighted by molar-refractivity contribution is -0.137. The molecule has 0 radical (unpaired) electrons. The fourth-order valence-electron chi connectivity index (χ4n) is 4.54. The van der Waals surface area contributed by atoms with Gasteiger partial charge in [-0.15, -0.1) is 11.3 Å². The predicted octanol–water partition coefficient (Wildman–Crippen LogP) is 3.67. The number of esters is 2. The van der Waals surface area contributed by atoms with Gasteiger partial charge in [-0.2, -0.15) is 0 Å². The van der Waals surface area contributed by atoms with Crippen LogP contribution in [0.5, 0.6) is 17.2 Å². The van der Waals surface area contributed by atoms with E-state index in [1.807, 2.05) is 16.0 Å². The SMILES string of the molecule is COC(=O)C1=C(C)NC(C)=C(C(=O)OC)C1c1c(-c2cc(OC)c(OC)c(OC)c2)nc2sccn12. The van der Waals surface area contributed by atoms with Crippen molar-refractivity contribution in [2.75, 3.05) is 35.5 Å². The van der Waals surface area contributed by atoms with Gasteiger partial charge in [0.25, 0.3) is 0 Å². The number of benzene rings is 1. The minimum absolute atomic E-state index is 0.283.